The molecule has 0 saturated heterocycles. The highest BCUT2D eigenvalue weighted by molar-refractivity contribution is 6.28. The van der Waals surface area contributed by atoms with Crippen molar-refractivity contribution in [2.24, 2.45) is 0 Å². The Kier molecular flexibility index (Phi) is 2.82. The van der Waals surface area contributed by atoms with Gasteiger partial charge in [0.25, 0.3) is 0 Å². The molecule has 3 nitrogen and oxygen atoms in total. The smallest absolute Gasteiger partial charge is 0.220 e. The lowest BCUT2D eigenvalue weighted by Crippen LogP contribution is -2.06. The van der Waals surface area contributed by atoms with E-state index in [4.69, 9.17) is 11.8 Å². The summed E-state index contributed by atoms with van der Waals surface area (Å²) < 4.78 is 1.45. The van der Waals surface area contributed by atoms with Gasteiger partial charge in [-0.1, -0.05) is 36.4 Å². The Labute approximate surface area is 110 Å². The summed E-state index contributed by atoms with van der Waals surface area (Å²) in [6.07, 6.45) is 1.77. The molecule has 0 atom stereocenters. The van der Waals surface area contributed by atoms with Crippen molar-refractivity contribution in [3.63, 3.8) is 0 Å². The molecule has 0 unspecified atom stereocenters. The van der Waals surface area contributed by atoms with E-state index < -0.39 is 0 Å². The van der Waals surface area contributed by atoms with Crippen molar-refractivity contribution in [3.8, 4) is 0 Å². The number of benzene rings is 2. The minimum absolute atomic E-state index is 0.474. The summed E-state index contributed by atoms with van der Waals surface area (Å²) in [5.41, 5.74) is 1.72. The first-order valence-electron chi connectivity index (χ1n) is 5.57. The molecule has 1 heterocycles. The molecule has 2 aromatic carbocycles. The summed E-state index contributed by atoms with van der Waals surface area (Å²) in [5, 5.41) is 0.999. The quantitative estimate of drug-likeness (QED) is 0.650. The second-order valence-electron chi connectivity index (χ2n) is 3.85. The van der Waals surface area contributed by atoms with E-state index in [0.29, 0.717) is 5.95 Å². The first-order chi connectivity index (χ1) is 8.84. The SMILES string of the molecule is ClN(c1ccccc1)c1ncc2ccccc2n1. The van der Waals surface area contributed by atoms with Crippen molar-refractivity contribution in [2.75, 3.05) is 4.42 Å². The standard InChI is InChI=1S/C14H10ClN3/c15-18(12-7-2-1-3-8-12)14-16-10-11-6-4-5-9-13(11)17-14/h1-10H. The van der Waals surface area contributed by atoms with Gasteiger partial charge in [0.05, 0.1) is 11.2 Å². The molecule has 18 heavy (non-hydrogen) atoms. The third-order valence-corrected chi connectivity index (χ3v) is 2.98. The molecular weight excluding hydrogens is 246 g/mol. The molecule has 1 aromatic heterocycles. The van der Waals surface area contributed by atoms with Gasteiger partial charge in [0.1, 0.15) is 0 Å². The number of anilines is 2. The molecule has 3 rings (SSSR count). The first kappa shape index (κ1) is 11.0. The van der Waals surface area contributed by atoms with Crippen LogP contribution >= 0.6 is 11.8 Å². The Morgan fingerprint density at radius 1 is 0.889 bits per heavy atom. The van der Waals surface area contributed by atoms with Gasteiger partial charge in [-0.05, 0) is 18.2 Å². The molecule has 88 valence electrons. The molecule has 0 radical (unpaired) electrons. The number of para-hydroxylation sites is 2. The summed E-state index contributed by atoms with van der Waals surface area (Å²) in [6.45, 7) is 0. The maximum absolute atomic E-state index is 6.24. The lowest BCUT2D eigenvalue weighted by atomic mass is 10.2. The lowest BCUT2D eigenvalue weighted by Gasteiger charge is -2.13. The zero-order chi connectivity index (χ0) is 12.4. The number of halogens is 1. The highest BCUT2D eigenvalue weighted by atomic mass is 35.5. The molecule has 0 aliphatic rings. The maximum Gasteiger partial charge on any atom is 0.245 e. The molecule has 3 aromatic rings. The number of nitrogens with zero attached hydrogens (tertiary/aromatic N) is 3. The third-order valence-electron chi connectivity index (χ3n) is 2.63. The Morgan fingerprint density at radius 2 is 1.61 bits per heavy atom. The van der Waals surface area contributed by atoms with E-state index in [1.165, 1.54) is 4.42 Å². The van der Waals surface area contributed by atoms with Gasteiger partial charge in [-0.3, -0.25) is 0 Å². The zero-order valence-corrected chi connectivity index (χ0v) is 10.2. The highest BCUT2D eigenvalue weighted by Crippen LogP contribution is 2.25. The van der Waals surface area contributed by atoms with E-state index in [1.54, 1.807) is 6.20 Å². The summed E-state index contributed by atoms with van der Waals surface area (Å²) in [6, 6.07) is 17.4. The number of aromatic nitrogens is 2. The minimum atomic E-state index is 0.474. The van der Waals surface area contributed by atoms with E-state index in [-0.39, 0.29) is 0 Å². The molecule has 0 amide bonds. The first-order valence-corrected chi connectivity index (χ1v) is 5.91. The van der Waals surface area contributed by atoms with E-state index in [1.807, 2.05) is 54.6 Å². The number of rotatable bonds is 2. The van der Waals surface area contributed by atoms with Gasteiger partial charge in [0, 0.05) is 23.4 Å². The fourth-order valence-electron chi connectivity index (χ4n) is 1.73. The van der Waals surface area contributed by atoms with E-state index >= 15 is 0 Å². The Bertz CT molecular complexity index is 670. The molecule has 0 fully saturated rings. The number of hydrogen-bond donors (Lipinski definition) is 0. The second-order valence-corrected chi connectivity index (χ2v) is 4.18. The van der Waals surface area contributed by atoms with Crippen LogP contribution in [-0.4, -0.2) is 9.97 Å². The number of hydrogen-bond acceptors (Lipinski definition) is 3. The van der Waals surface area contributed by atoms with Crippen molar-refractivity contribution < 1.29 is 0 Å². The fraction of sp³-hybridized carbons (Fsp3) is 0. The van der Waals surface area contributed by atoms with Crippen molar-refractivity contribution in [1.82, 2.24) is 9.97 Å². The Morgan fingerprint density at radius 3 is 2.44 bits per heavy atom. The largest absolute Gasteiger partial charge is 0.245 e. The summed E-state index contributed by atoms with van der Waals surface area (Å²) in [7, 11) is 0. The molecule has 0 N–H and O–H groups in total. The second kappa shape index (κ2) is 4.63. The molecule has 0 aliphatic heterocycles. The molecule has 0 spiro atoms. The fourth-order valence-corrected chi connectivity index (χ4v) is 1.93. The van der Waals surface area contributed by atoms with Crippen LogP contribution in [0, 0.1) is 0 Å². The van der Waals surface area contributed by atoms with Crippen molar-refractivity contribution in [3.05, 3.63) is 60.8 Å². The van der Waals surface area contributed by atoms with Crippen LogP contribution in [0.4, 0.5) is 11.6 Å². The van der Waals surface area contributed by atoms with Crippen molar-refractivity contribution in [2.45, 2.75) is 0 Å². The average Bonchev–Trinajstić information content (AvgIpc) is 2.47. The predicted molar refractivity (Wildman–Crippen MR) is 74.0 cm³/mol. The van der Waals surface area contributed by atoms with Crippen LogP contribution in [0.1, 0.15) is 0 Å². The monoisotopic (exact) mass is 255 g/mol. The van der Waals surface area contributed by atoms with Crippen LogP contribution in [0.15, 0.2) is 60.8 Å². The normalized spacial score (nSPS) is 10.5. The maximum atomic E-state index is 6.24. The zero-order valence-electron chi connectivity index (χ0n) is 9.49. The van der Waals surface area contributed by atoms with Crippen LogP contribution in [0.2, 0.25) is 0 Å². The van der Waals surface area contributed by atoms with Crippen molar-refractivity contribution in [1.29, 1.82) is 0 Å². The van der Waals surface area contributed by atoms with Gasteiger partial charge in [0.2, 0.25) is 5.95 Å². The van der Waals surface area contributed by atoms with E-state index in [0.717, 1.165) is 16.6 Å². The van der Waals surface area contributed by atoms with Gasteiger partial charge in [-0.2, -0.15) is 0 Å². The third kappa shape index (κ3) is 2.00. The van der Waals surface area contributed by atoms with Crippen LogP contribution in [-0.2, 0) is 0 Å². The molecular formula is C14H10ClN3. The predicted octanol–water partition coefficient (Wildman–Crippen LogP) is 3.92. The van der Waals surface area contributed by atoms with Crippen LogP contribution in [0.3, 0.4) is 0 Å². The van der Waals surface area contributed by atoms with Gasteiger partial charge < -0.3 is 0 Å². The van der Waals surface area contributed by atoms with Crippen LogP contribution in [0.25, 0.3) is 10.9 Å². The highest BCUT2D eigenvalue weighted by Gasteiger charge is 2.09. The van der Waals surface area contributed by atoms with Gasteiger partial charge in [-0.15, -0.1) is 0 Å². The van der Waals surface area contributed by atoms with Crippen LogP contribution in [0.5, 0.6) is 0 Å². The van der Waals surface area contributed by atoms with Crippen LogP contribution < -0.4 is 4.42 Å². The van der Waals surface area contributed by atoms with E-state index in [2.05, 4.69) is 9.97 Å². The Hall–Kier alpha value is -2.13. The van der Waals surface area contributed by atoms with Gasteiger partial charge in [0.15, 0.2) is 0 Å². The molecule has 0 bridgehead atoms. The van der Waals surface area contributed by atoms with Gasteiger partial charge >= 0.3 is 0 Å². The summed E-state index contributed by atoms with van der Waals surface area (Å²) in [4.78, 5) is 8.70. The molecule has 4 heteroatoms. The molecule has 0 aliphatic carbocycles. The van der Waals surface area contributed by atoms with Crippen molar-refractivity contribution >= 4 is 34.3 Å². The Balaban J connectivity index is 2.04. The summed E-state index contributed by atoms with van der Waals surface area (Å²) >= 11 is 6.24. The molecule has 0 saturated carbocycles. The number of fused-ring (bicyclic) bond motifs is 1. The summed E-state index contributed by atoms with van der Waals surface area (Å²) in [5.74, 6) is 0.474. The minimum Gasteiger partial charge on any atom is -0.220 e. The van der Waals surface area contributed by atoms with Gasteiger partial charge in [-0.25, -0.2) is 14.4 Å². The van der Waals surface area contributed by atoms with E-state index in [9.17, 15) is 0 Å². The average molecular weight is 256 g/mol. The lowest BCUT2D eigenvalue weighted by molar-refractivity contribution is 1.16. The topological polar surface area (TPSA) is 29.0 Å².